The number of benzene rings is 1. The Bertz CT molecular complexity index is 351. The number of nitrogens with one attached hydrogen (secondary N) is 1. The van der Waals surface area contributed by atoms with Gasteiger partial charge in [-0.05, 0) is 30.7 Å². The Labute approximate surface area is 95.6 Å². The molecule has 1 aliphatic heterocycles. The smallest absolute Gasteiger partial charge is 0.124 e. The minimum absolute atomic E-state index is 0.293. The Morgan fingerprint density at radius 1 is 1.53 bits per heavy atom. The van der Waals surface area contributed by atoms with Gasteiger partial charge in [0.05, 0.1) is 6.04 Å². The van der Waals surface area contributed by atoms with Gasteiger partial charge in [0.1, 0.15) is 12.4 Å². The van der Waals surface area contributed by atoms with Crippen LogP contribution >= 0.6 is 11.6 Å². The SMILES string of the molecule is CC(C)CNC1COc2ccc(Cl)cc21. The third-order valence-electron chi connectivity index (χ3n) is 2.53. The molecule has 82 valence electrons. The Morgan fingerprint density at radius 3 is 3.07 bits per heavy atom. The van der Waals surface area contributed by atoms with E-state index in [-0.39, 0.29) is 0 Å². The van der Waals surface area contributed by atoms with Gasteiger partial charge < -0.3 is 10.1 Å². The normalized spacial score (nSPS) is 19.1. The Balaban J connectivity index is 2.10. The summed E-state index contributed by atoms with van der Waals surface area (Å²) in [7, 11) is 0. The van der Waals surface area contributed by atoms with Gasteiger partial charge in [0.25, 0.3) is 0 Å². The van der Waals surface area contributed by atoms with Crippen molar-refractivity contribution in [3.63, 3.8) is 0 Å². The van der Waals surface area contributed by atoms with Crippen molar-refractivity contribution in [3.05, 3.63) is 28.8 Å². The number of ether oxygens (including phenoxy) is 1. The quantitative estimate of drug-likeness (QED) is 0.854. The highest BCUT2D eigenvalue weighted by Gasteiger charge is 2.23. The van der Waals surface area contributed by atoms with Crippen LogP contribution in [0.4, 0.5) is 0 Å². The van der Waals surface area contributed by atoms with E-state index in [1.54, 1.807) is 0 Å². The first-order valence-electron chi connectivity index (χ1n) is 5.32. The molecule has 1 aromatic rings. The minimum atomic E-state index is 0.293. The van der Waals surface area contributed by atoms with Crippen molar-refractivity contribution in [2.75, 3.05) is 13.2 Å². The zero-order valence-electron chi connectivity index (χ0n) is 9.09. The highest BCUT2D eigenvalue weighted by molar-refractivity contribution is 6.30. The number of halogens is 1. The monoisotopic (exact) mass is 225 g/mol. The van der Waals surface area contributed by atoms with Crippen LogP contribution < -0.4 is 10.1 Å². The van der Waals surface area contributed by atoms with E-state index in [4.69, 9.17) is 16.3 Å². The molecule has 1 atom stereocenters. The zero-order valence-corrected chi connectivity index (χ0v) is 9.84. The van der Waals surface area contributed by atoms with E-state index >= 15 is 0 Å². The molecular formula is C12H16ClNO. The van der Waals surface area contributed by atoms with Gasteiger partial charge in [-0.25, -0.2) is 0 Å². The van der Waals surface area contributed by atoms with Gasteiger partial charge in [-0.15, -0.1) is 0 Å². The van der Waals surface area contributed by atoms with Crippen LogP contribution in [0.25, 0.3) is 0 Å². The van der Waals surface area contributed by atoms with Crippen LogP contribution in [0.15, 0.2) is 18.2 Å². The molecular weight excluding hydrogens is 210 g/mol. The first kappa shape index (κ1) is 10.8. The average Bonchev–Trinajstić information content (AvgIpc) is 2.57. The predicted octanol–water partition coefficient (Wildman–Crippen LogP) is 3.02. The molecule has 2 rings (SSSR count). The molecule has 0 aromatic heterocycles. The summed E-state index contributed by atoms with van der Waals surface area (Å²) in [4.78, 5) is 0. The molecule has 1 heterocycles. The molecule has 3 heteroatoms. The number of hydrogen-bond donors (Lipinski definition) is 1. The van der Waals surface area contributed by atoms with Crippen molar-refractivity contribution in [3.8, 4) is 5.75 Å². The molecule has 2 nitrogen and oxygen atoms in total. The third-order valence-corrected chi connectivity index (χ3v) is 2.76. The number of hydrogen-bond acceptors (Lipinski definition) is 2. The maximum atomic E-state index is 5.97. The molecule has 1 unspecified atom stereocenters. The third kappa shape index (κ3) is 2.44. The lowest BCUT2D eigenvalue weighted by atomic mass is 10.1. The van der Waals surface area contributed by atoms with Crippen LogP contribution in [0, 0.1) is 5.92 Å². The Kier molecular flexibility index (Phi) is 3.17. The van der Waals surface area contributed by atoms with Crippen molar-refractivity contribution in [1.82, 2.24) is 5.32 Å². The van der Waals surface area contributed by atoms with Crippen LogP contribution in [0.5, 0.6) is 5.75 Å². The van der Waals surface area contributed by atoms with E-state index in [0.29, 0.717) is 18.6 Å². The second-order valence-corrected chi connectivity index (χ2v) is 4.78. The molecule has 1 N–H and O–H groups in total. The van der Waals surface area contributed by atoms with Crippen molar-refractivity contribution < 1.29 is 4.74 Å². The maximum absolute atomic E-state index is 5.97. The second kappa shape index (κ2) is 4.42. The molecule has 1 aliphatic rings. The highest BCUT2D eigenvalue weighted by atomic mass is 35.5. The predicted molar refractivity (Wildman–Crippen MR) is 62.5 cm³/mol. The van der Waals surface area contributed by atoms with Gasteiger partial charge in [0.2, 0.25) is 0 Å². The lowest BCUT2D eigenvalue weighted by Crippen LogP contribution is -2.26. The van der Waals surface area contributed by atoms with Crippen molar-refractivity contribution in [2.24, 2.45) is 5.92 Å². The van der Waals surface area contributed by atoms with Gasteiger partial charge in [-0.3, -0.25) is 0 Å². The summed E-state index contributed by atoms with van der Waals surface area (Å²) in [6.07, 6.45) is 0. The minimum Gasteiger partial charge on any atom is -0.491 e. The second-order valence-electron chi connectivity index (χ2n) is 4.35. The fourth-order valence-electron chi connectivity index (χ4n) is 1.73. The first-order valence-corrected chi connectivity index (χ1v) is 5.70. The Hall–Kier alpha value is -0.730. The summed E-state index contributed by atoms with van der Waals surface area (Å²) in [5.74, 6) is 1.61. The topological polar surface area (TPSA) is 21.3 Å². The van der Waals surface area contributed by atoms with Crippen LogP contribution in [0.1, 0.15) is 25.5 Å². The van der Waals surface area contributed by atoms with Crippen molar-refractivity contribution in [1.29, 1.82) is 0 Å². The molecule has 0 saturated carbocycles. The van der Waals surface area contributed by atoms with Gasteiger partial charge in [-0.2, -0.15) is 0 Å². The zero-order chi connectivity index (χ0) is 10.8. The van der Waals surface area contributed by atoms with E-state index in [1.165, 1.54) is 5.56 Å². The van der Waals surface area contributed by atoms with E-state index in [0.717, 1.165) is 17.3 Å². The van der Waals surface area contributed by atoms with E-state index in [9.17, 15) is 0 Å². The molecule has 0 fully saturated rings. The summed E-state index contributed by atoms with van der Waals surface area (Å²) < 4.78 is 5.58. The summed E-state index contributed by atoms with van der Waals surface area (Å²) in [6, 6.07) is 6.09. The maximum Gasteiger partial charge on any atom is 0.124 e. The molecule has 0 aliphatic carbocycles. The van der Waals surface area contributed by atoms with Gasteiger partial charge in [0, 0.05) is 10.6 Å². The highest BCUT2D eigenvalue weighted by Crippen LogP contribution is 2.34. The largest absolute Gasteiger partial charge is 0.491 e. The molecule has 0 bridgehead atoms. The summed E-state index contributed by atoms with van der Waals surface area (Å²) in [6.45, 7) is 6.10. The fraction of sp³-hybridized carbons (Fsp3) is 0.500. The molecule has 0 radical (unpaired) electrons. The molecule has 0 spiro atoms. The van der Waals surface area contributed by atoms with E-state index in [2.05, 4.69) is 19.2 Å². The van der Waals surface area contributed by atoms with Gasteiger partial charge in [0.15, 0.2) is 0 Å². The van der Waals surface area contributed by atoms with Crippen LogP contribution in [-0.2, 0) is 0 Å². The van der Waals surface area contributed by atoms with Crippen LogP contribution in [0.3, 0.4) is 0 Å². The fourth-order valence-corrected chi connectivity index (χ4v) is 1.91. The lowest BCUT2D eigenvalue weighted by Gasteiger charge is -2.13. The van der Waals surface area contributed by atoms with Crippen molar-refractivity contribution >= 4 is 11.6 Å². The molecule has 0 saturated heterocycles. The summed E-state index contributed by atoms with van der Waals surface area (Å²) in [5, 5.41) is 4.25. The Morgan fingerprint density at radius 2 is 2.33 bits per heavy atom. The van der Waals surface area contributed by atoms with E-state index in [1.807, 2.05) is 18.2 Å². The molecule has 15 heavy (non-hydrogen) atoms. The van der Waals surface area contributed by atoms with Crippen LogP contribution in [-0.4, -0.2) is 13.2 Å². The average molecular weight is 226 g/mol. The lowest BCUT2D eigenvalue weighted by molar-refractivity contribution is 0.306. The van der Waals surface area contributed by atoms with Gasteiger partial charge in [-0.1, -0.05) is 25.4 Å². The summed E-state index contributed by atoms with van der Waals surface area (Å²) in [5.41, 5.74) is 1.18. The van der Waals surface area contributed by atoms with E-state index < -0.39 is 0 Å². The van der Waals surface area contributed by atoms with Crippen molar-refractivity contribution in [2.45, 2.75) is 19.9 Å². The van der Waals surface area contributed by atoms with Crippen LogP contribution in [0.2, 0.25) is 5.02 Å². The van der Waals surface area contributed by atoms with Gasteiger partial charge >= 0.3 is 0 Å². The number of rotatable bonds is 3. The summed E-state index contributed by atoms with van der Waals surface area (Å²) >= 11 is 5.97. The molecule has 1 aromatic carbocycles. The number of fused-ring (bicyclic) bond motifs is 1. The first-order chi connectivity index (χ1) is 7.16. The molecule has 0 amide bonds. The standard InChI is InChI=1S/C12H16ClNO/c1-8(2)6-14-11-7-15-12-4-3-9(13)5-10(11)12/h3-5,8,11,14H,6-7H2,1-2H3.